The molecule has 0 spiro atoms. The standard InChI is InChI=1S/C42H39N2O3PS2.B/c1-42(2,49(43)45)38(29-31-26-27-32-16-12-13-17-33(32)28-31)41-37-24-14-15-25-39(37)44(50(46,47)36-22-10-5-11-23-36)40(41)30-48(34-18-6-3-7-19-34)35-20-8-4-9-21-35;/h3-28,38H,29-30,43H2,1-2H3;. The SMILES string of the molecule is CC(C)(C(Cc1ccc2ccccc2c1)c1c(CP(c2ccccc2)c2ccccc2)n(S(=O)(=O)c2ccccc2)c2ccccc12)[S+](N)[O-].[B]. The topological polar surface area (TPSA) is 88.2 Å². The van der Waals surface area contributed by atoms with E-state index in [0.717, 1.165) is 37.9 Å². The molecule has 7 aromatic rings. The summed E-state index contributed by atoms with van der Waals surface area (Å²) >= 11 is -1.74. The number of nitrogens with zero attached hydrogens (tertiary/aromatic N) is 1. The van der Waals surface area contributed by atoms with E-state index in [9.17, 15) is 13.0 Å². The largest absolute Gasteiger partial charge is 0.598 e. The number of hydrogen-bond donors (Lipinski definition) is 1. The van der Waals surface area contributed by atoms with Gasteiger partial charge in [0.25, 0.3) is 10.0 Å². The molecule has 9 heteroatoms. The van der Waals surface area contributed by atoms with Crippen LogP contribution in [0.15, 0.2) is 163 Å². The Kier molecular flexibility index (Phi) is 10.9. The molecule has 2 unspecified atom stereocenters. The van der Waals surface area contributed by atoms with Crippen molar-refractivity contribution in [2.75, 3.05) is 0 Å². The number of aromatic nitrogens is 1. The Bertz CT molecular complexity index is 2330. The van der Waals surface area contributed by atoms with Crippen molar-refractivity contribution in [1.82, 2.24) is 3.97 Å². The molecule has 7 rings (SSSR count). The first-order chi connectivity index (χ1) is 24.2. The fraction of sp³-hybridized carbons (Fsp3) is 0.143. The first-order valence-corrected chi connectivity index (χ1v) is 20.8. The van der Waals surface area contributed by atoms with Crippen molar-refractivity contribution in [3.05, 3.63) is 175 Å². The number of hydrogen-bond acceptors (Lipinski definition) is 4. The maximum absolute atomic E-state index is 14.9. The average Bonchev–Trinajstić information content (AvgIpc) is 3.47. The molecule has 0 aliphatic heterocycles. The van der Waals surface area contributed by atoms with Gasteiger partial charge in [-0.25, -0.2) is 12.4 Å². The van der Waals surface area contributed by atoms with Crippen molar-refractivity contribution in [2.24, 2.45) is 5.14 Å². The molecule has 1 aromatic heterocycles. The maximum Gasteiger partial charge on any atom is 0.268 e. The highest BCUT2D eigenvalue weighted by Gasteiger charge is 2.44. The zero-order valence-corrected chi connectivity index (χ0v) is 31.1. The van der Waals surface area contributed by atoms with Crippen molar-refractivity contribution in [3.63, 3.8) is 0 Å². The zero-order chi connectivity index (χ0) is 34.9. The van der Waals surface area contributed by atoms with E-state index in [4.69, 9.17) is 5.14 Å². The Morgan fingerprint density at radius 1 is 0.725 bits per heavy atom. The summed E-state index contributed by atoms with van der Waals surface area (Å²) in [6.07, 6.45) is 0.961. The number of rotatable bonds is 11. The van der Waals surface area contributed by atoms with Gasteiger partial charge in [0.15, 0.2) is 0 Å². The lowest BCUT2D eigenvalue weighted by molar-refractivity contribution is 0.481. The minimum Gasteiger partial charge on any atom is -0.598 e. The van der Waals surface area contributed by atoms with E-state index in [1.165, 1.54) is 0 Å². The number of para-hydroxylation sites is 1. The Balaban J connectivity index is 0.00000448. The first-order valence-electron chi connectivity index (χ1n) is 16.6. The van der Waals surface area contributed by atoms with Crippen molar-refractivity contribution >= 4 is 70.0 Å². The Labute approximate surface area is 307 Å². The molecular formula is C42H39BN2O3PS2. The average molecular weight is 726 g/mol. The van der Waals surface area contributed by atoms with Gasteiger partial charge in [0.1, 0.15) is 4.75 Å². The van der Waals surface area contributed by atoms with Gasteiger partial charge < -0.3 is 4.55 Å². The van der Waals surface area contributed by atoms with Crippen LogP contribution in [0.25, 0.3) is 21.7 Å². The number of benzene rings is 6. The van der Waals surface area contributed by atoms with E-state index in [1.54, 1.807) is 28.2 Å². The predicted octanol–water partition coefficient (Wildman–Crippen LogP) is 8.01. The van der Waals surface area contributed by atoms with Gasteiger partial charge in [-0.2, -0.15) is 5.14 Å². The Morgan fingerprint density at radius 3 is 1.86 bits per heavy atom. The van der Waals surface area contributed by atoms with E-state index in [0.29, 0.717) is 23.8 Å². The molecule has 5 nitrogen and oxygen atoms in total. The predicted molar refractivity (Wildman–Crippen MR) is 216 cm³/mol. The van der Waals surface area contributed by atoms with E-state index < -0.39 is 40.0 Å². The second-order valence-electron chi connectivity index (χ2n) is 13.1. The fourth-order valence-electron chi connectivity index (χ4n) is 6.93. The second-order valence-corrected chi connectivity index (χ2v) is 18.7. The molecule has 0 aliphatic rings. The smallest absolute Gasteiger partial charge is 0.268 e. The molecule has 2 atom stereocenters. The lowest BCUT2D eigenvalue weighted by Gasteiger charge is -2.34. The molecule has 1 heterocycles. The summed E-state index contributed by atoms with van der Waals surface area (Å²) in [6, 6.07) is 51.6. The monoisotopic (exact) mass is 725 g/mol. The lowest BCUT2D eigenvalue weighted by Crippen LogP contribution is -2.44. The van der Waals surface area contributed by atoms with Gasteiger partial charge >= 0.3 is 0 Å². The fourth-order valence-corrected chi connectivity index (χ4v) is 11.4. The van der Waals surface area contributed by atoms with Gasteiger partial charge in [0.2, 0.25) is 0 Å². The molecule has 0 amide bonds. The van der Waals surface area contributed by atoms with Crippen LogP contribution >= 0.6 is 7.92 Å². The van der Waals surface area contributed by atoms with Gasteiger partial charge in [-0.3, -0.25) is 0 Å². The molecule has 0 aliphatic carbocycles. The highest BCUT2D eigenvalue weighted by Crippen LogP contribution is 2.48. The Morgan fingerprint density at radius 2 is 1.25 bits per heavy atom. The van der Waals surface area contributed by atoms with Crippen LogP contribution in [0.1, 0.15) is 36.6 Å². The molecule has 255 valence electrons. The summed E-state index contributed by atoms with van der Waals surface area (Å²) < 4.78 is 44.1. The van der Waals surface area contributed by atoms with Gasteiger partial charge in [-0.05, 0) is 78.9 Å². The van der Waals surface area contributed by atoms with Crippen molar-refractivity contribution in [2.45, 2.75) is 42.0 Å². The van der Waals surface area contributed by atoms with Crippen LogP contribution in [-0.2, 0) is 34.0 Å². The number of fused-ring (bicyclic) bond motifs is 2. The van der Waals surface area contributed by atoms with Crippen LogP contribution < -0.4 is 15.7 Å². The lowest BCUT2D eigenvalue weighted by atomic mass is 9.81. The maximum atomic E-state index is 14.9. The quantitative estimate of drug-likeness (QED) is 0.0832. The molecule has 2 N–H and O–H groups in total. The molecule has 0 saturated heterocycles. The molecule has 51 heavy (non-hydrogen) atoms. The third kappa shape index (κ3) is 7.17. The van der Waals surface area contributed by atoms with Crippen molar-refractivity contribution in [1.29, 1.82) is 0 Å². The summed E-state index contributed by atoms with van der Waals surface area (Å²) in [5, 5.41) is 11.7. The van der Waals surface area contributed by atoms with Gasteiger partial charge in [0, 0.05) is 42.9 Å². The van der Waals surface area contributed by atoms with Gasteiger partial charge in [-0.15, -0.1) is 0 Å². The summed E-state index contributed by atoms with van der Waals surface area (Å²) in [7, 11) is -5.13. The van der Waals surface area contributed by atoms with E-state index >= 15 is 0 Å². The number of nitrogens with two attached hydrogens (primary N) is 1. The van der Waals surface area contributed by atoms with Crippen molar-refractivity contribution < 1.29 is 13.0 Å². The summed E-state index contributed by atoms with van der Waals surface area (Å²) in [6.45, 7) is 3.88. The minimum atomic E-state index is -4.07. The zero-order valence-electron chi connectivity index (χ0n) is 28.6. The Hall–Kier alpha value is -4.17. The summed E-state index contributed by atoms with van der Waals surface area (Å²) in [5.74, 6) is -0.398. The first kappa shape index (κ1) is 36.6. The van der Waals surface area contributed by atoms with E-state index in [2.05, 4.69) is 54.6 Å². The summed E-state index contributed by atoms with van der Waals surface area (Å²) in [5.41, 5.74) is 3.23. The molecular weight excluding hydrogens is 686 g/mol. The van der Waals surface area contributed by atoms with Crippen LogP contribution in [0.5, 0.6) is 0 Å². The van der Waals surface area contributed by atoms with Gasteiger partial charge in [-0.1, -0.05) is 140 Å². The molecule has 0 bridgehead atoms. The highest BCUT2D eigenvalue weighted by atomic mass is 32.2. The second kappa shape index (κ2) is 15.2. The van der Waals surface area contributed by atoms with E-state index in [-0.39, 0.29) is 13.3 Å². The molecule has 6 aromatic carbocycles. The summed E-state index contributed by atoms with van der Waals surface area (Å²) in [4.78, 5) is 0.213. The van der Waals surface area contributed by atoms with E-state index in [1.807, 2.05) is 92.7 Å². The third-order valence-corrected chi connectivity index (χ3v) is 15.2. The molecule has 0 saturated carbocycles. The van der Waals surface area contributed by atoms with Crippen LogP contribution in [-0.4, -0.2) is 30.1 Å². The van der Waals surface area contributed by atoms with Crippen LogP contribution in [0.3, 0.4) is 0 Å². The minimum absolute atomic E-state index is 0. The third-order valence-electron chi connectivity index (χ3n) is 9.65. The van der Waals surface area contributed by atoms with Crippen LogP contribution in [0.4, 0.5) is 0 Å². The van der Waals surface area contributed by atoms with Gasteiger partial charge in [0.05, 0.1) is 10.4 Å². The highest BCUT2D eigenvalue weighted by molar-refractivity contribution is 7.90. The van der Waals surface area contributed by atoms with Crippen LogP contribution in [0.2, 0.25) is 0 Å². The normalized spacial score (nSPS) is 13.3. The van der Waals surface area contributed by atoms with Crippen molar-refractivity contribution in [3.8, 4) is 0 Å². The molecule has 0 fully saturated rings. The molecule has 3 radical (unpaired) electrons. The van der Waals surface area contributed by atoms with Crippen LogP contribution in [0, 0.1) is 0 Å².